The van der Waals surface area contributed by atoms with Crippen LogP contribution in [-0.2, 0) is 0 Å². The molecule has 0 saturated heterocycles. The molecule has 0 aliphatic rings. The van der Waals surface area contributed by atoms with Crippen LogP contribution in [0.25, 0.3) is 0 Å². The van der Waals surface area contributed by atoms with Gasteiger partial charge in [-0.25, -0.2) is 0 Å². The van der Waals surface area contributed by atoms with Crippen molar-refractivity contribution in [2.24, 2.45) is 16.6 Å². The van der Waals surface area contributed by atoms with E-state index in [9.17, 15) is 0 Å². The first-order valence-corrected chi connectivity index (χ1v) is 7.09. The van der Waals surface area contributed by atoms with E-state index in [1.54, 1.807) is 11.3 Å². The highest BCUT2D eigenvalue weighted by atomic mass is 127. The number of nitrogens with two attached hydrogens (primary N) is 1. The Labute approximate surface area is 131 Å². The van der Waals surface area contributed by atoms with Crippen molar-refractivity contribution in [3.05, 3.63) is 22.4 Å². The average molecular weight is 381 g/mol. The van der Waals surface area contributed by atoms with Gasteiger partial charge < -0.3 is 11.1 Å². The number of halogens is 1. The van der Waals surface area contributed by atoms with Crippen LogP contribution in [0.2, 0.25) is 0 Å². The lowest BCUT2D eigenvalue weighted by molar-refractivity contribution is 0.576. The molecule has 0 radical (unpaired) electrons. The smallest absolute Gasteiger partial charge is 0.188 e. The van der Waals surface area contributed by atoms with E-state index in [2.05, 4.69) is 47.9 Å². The number of hydrogen-bond acceptors (Lipinski definition) is 2. The summed E-state index contributed by atoms with van der Waals surface area (Å²) in [5.74, 6) is 1.69. The summed E-state index contributed by atoms with van der Waals surface area (Å²) < 4.78 is 0. The Balaban J connectivity index is 0.00000289. The molecule has 0 amide bonds. The van der Waals surface area contributed by atoms with Gasteiger partial charge in [0.1, 0.15) is 0 Å². The van der Waals surface area contributed by atoms with Gasteiger partial charge in [0.25, 0.3) is 0 Å². The highest BCUT2D eigenvalue weighted by Crippen LogP contribution is 2.17. The van der Waals surface area contributed by atoms with E-state index in [0.29, 0.717) is 17.8 Å². The molecule has 0 fully saturated rings. The van der Waals surface area contributed by atoms with E-state index >= 15 is 0 Å². The molecule has 5 heteroatoms. The fourth-order valence-corrected chi connectivity index (χ4v) is 2.22. The number of nitrogens with one attached hydrogen (secondary N) is 1. The molecule has 3 nitrogen and oxygen atoms in total. The zero-order valence-electron chi connectivity index (χ0n) is 11.3. The minimum absolute atomic E-state index is 0. The van der Waals surface area contributed by atoms with Gasteiger partial charge in [0.2, 0.25) is 0 Å². The molecule has 3 N–H and O–H groups in total. The summed E-state index contributed by atoms with van der Waals surface area (Å²) in [5, 5.41) is 7.41. The van der Waals surface area contributed by atoms with Gasteiger partial charge in [-0.2, -0.15) is 11.3 Å². The van der Waals surface area contributed by atoms with Crippen molar-refractivity contribution in [1.82, 2.24) is 5.32 Å². The summed E-state index contributed by atoms with van der Waals surface area (Å²) in [6.07, 6.45) is 1.12. The fourth-order valence-electron chi connectivity index (χ4n) is 1.44. The van der Waals surface area contributed by atoms with Crippen LogP contribution in [0.1, 0.15) is 38.7 Å². The average Bonchev–Trinajstić information content (AvgIpc) is 2.78. The number of nitrogens with zero attached hydrogens (tertiary/aromatic N) is 1. The predicted molar refractivity (Wildman–Crippen MR) is 92.1 cm³/mol. The Bertz CT molecular complexity index is 336. The zero-order chi connectivity index (χ0) is 12.7. The Morgan fingerprint density at radius 2 is 2.17 bits per heavy atom. The minimum atomic E-state index is 0. The molecule has 0 saturated carbocycles. The first-order chi connectivity index (χ1) is 8.09. The van der Waals surface area contributed by atoms with Crippen molar-refractivity contribution in [1.29, 1.82) is 0 Å². The van der Waals surface area contributed by atoms with Crippen molar-refractivity contribution in [2.75, 3.05) is 13.1 Å². The molecular formula is C13H24IN3S. The summed E-state index contributed by atoms with van der Waals surface area (Å²) in [7, 11) is 0. The van der Waals surface area contributed by atoms with Gasteiger partial charge in [0.05, 0.1) is 0 Å². The summed E-state index contributed by atoms with van der Waals surface area (Å²) in [4.78, 5) is 4.36. The van der Waals surface area contributed by atoms with Gasteiger partial charge in [0.15, 0.2) is 5.96 Å². The highest BCUT2D eigenvalue weighted by Gasteiger charge is 2.04. The predicted octanol–water partition coefficient (Wildman–Crippen LogP) is 3.42. The number of rotatable bonds is 6. The van der Waals surface area contributed by atoms with Gasteiger partial charge in [0, 0.05) is 19.0 Å². The zero-order valence-corrected chi connectivity index (χ0v) is 14.5. The van der Waals surface area contributed by atoms with Crippen LogP contribution in [0.4, 0.5) is 0 Å². The van der Waals surface area contributed by atoms with E-state index in [0.717, 1.165) is 19.5 Å². The Morgan fingerprint density at radius 3 is 2.72 bits per heavy atom. The molecule has 18 heavy (non-hydrogen) atoms. The van der Waals surface area contributed by atoms with Gasteiger partial charge >= 0.3 is 0 Å². The van der Waals surface area contributed by atoms with Crippen LogP contribution in [0.5, 0.6) is 0 Å². The lowest BCUT2D eigenvalue weighted by atomic mass is 10.1. The maximum atomic E-state index is 5.80. The molecule has 1 rings (SSSR count). The maximum absolute atomic E-state index is 5.80. The molecule has 104 valence electrons. The van der Waals surface area contributed by atoms with Crippen LogP contribution in [0, 0.1) is 5.92 Å². The SMILES string of the molecule is CC(C)CCNC(N)=NCC(C)c1ccsc1.I. The topological polar surface area (TPSA) is 50.4 Å². The third-order valence-electron chi connectivity index (χ3n) is 2.68. The van der Waals surface area contributed by atoms with Gasteiger partial charge in [-0.15, -0.1) is 24.0 Å². The lowest BCUT2D eigenvalue weighted by Crippen LogP contribution is -2.33. The minimum Gasteiger partial charge on any atom is -0.370 e. The van der Waals surface area contributed by atoms with E-state index in [1.807, 2.05) is 0 Å². The first-order valence-electron chi connectivity index (χ1n) is 6.15. The van der Waals surface area contributed by atoms with Crippen LogP contribution in [0.3, 0.4) is 0 Å². The van der Waals surface area contributed by atoms with E-state index in [1.165, 1.54) is 5.56 Å². The molecule has 0 aromatic carbocycles. The number of hydrogen-bond donors (Lipinski definition) is 2. The van der Waals surface area contributed by atoms with Gasteiger partial charge in [-0.05, 0) is 34.7 Å². The normalized spacial score (nSPS) is 13.2. The van der Waals surface area contributed by atoms with E-state index in [4.69, 9.17) is 5.73 Å². The third kappa shape index (κ3) is 7.20. The third-order valence-corrected chi connectivity index (χ3v) is 3.38. The maximum Gasteiger partial charge on any atom is 0.188 e. The van der Waals surface area contributed by atoms with Crippen molar-refractivity contribution >= 4 is 41.3 Å². The van der Waals surface area contributed by atoms with E-state index < -0.39 is 0 Å². The molecule has 1 unspecified atom stereocenters. The molecule has 1 atom stereocenters. The lowest BCUT2D eigenvalue weighted by Gasteiger charge is -2.09. The monoisotopic (exact) mass is 381 g/mol. The molecule has 0 aliphatic heterocycles. The van der Waals surface area contributed by atoms with Crippen LogP contribution in [-0.4, -0.2) is 19.0 Å². The highest BCUT2D eigenvalue weighted by molar-refractivity contribution is 14.0. The van der Waals surface area contributed by atoms with Crippen molar-refractivity contribution < 1.29 is 0 Å². The Hall–Kier alpha value is -0.300. The standard InChI is InChI=1S/C13H23N3S.HI/c1-10(2)4-6-15-13(14)16-8-11(3)12-5-7-17-9-12;/h5,7,9-11H,4,6,8H2,1-3H3,(H3,14,15,16);1H. The quantitative estimate of drug-likeness (QED) is 0.451. The van der Waals surface area contributed by atoms with Crippen molar-refractivity contribution in [3.63, 3.8) is 0 Å². The first kappa shape index (κ1) is 17.7. The van der Waals surface area contributed by atoms with Crippen molar-refractivity contribution in [3.8, 4) is 0 Å². The number of aliphatic imine (C=N–C) groups is 1. The Morgan fingerprint density at radius 1 is 1.44 bits per heavy atom. The van der Waals surface area contributed by atoms with Crippen LogP contribution < -0.4 is 11.1 Å². The molecule has 0 aliphatic carbocycles. The summed E-state index contributed by atoms with van der Waals surface area (Å²) in [6.45, 7) is 8.23. The van der Waals surface area contributed by atoms with Crippen LogP contribution in [0.15, 0.2) is 21.8 Å². The van der Waals surface area contributed by atoms with Gasteiger partial charge in [-0.1, -0.05) is 20.8 Å². The Kier molecular flexibility index (Phi) is 9.45. The second kappa shape index (κ2) is 9.61. The molecule has 0 bridgehead atoms. The molecular weight excluding hydrogens is 357 g/mol. The summed E-state index contributed by atoms with van der Waals surface area (Å²) in [6, 6.07) is 2.15. The summed E-state index contributed by atoms with van der Waals surface area (Å²) in [5.41, 5.74) is 7.14. The van der Waals surface area contributed by atoms with Crippen LogP contribution >= 0.6 is 35.3 Å². The molecule has 1 aromatic heterocycles. The van der Waals surface area contributed by atoms with Gasteiger partial charge in [-0.3, -0.25) is 4.99 Å². The molecule has 0 spiro atoms. The number of thiophene rings is 1. The fraction of sp³-hybridized carbons (Fsp3) is 0.615. The second-order valence-corrected chi connectivity index (χ2v) is 5.57. The largest absolute Gasteiger partial charge is 0.370 e. The van der Waals surface area contributed by atoms with Crippen molar-refractivity contribution in [2.45, 2.75) is 33.1 Å². The molecule has 1 aromatic rings. The van der Waals surface area contributed by atoms with E-state index in [-0.39, 0.29) is 24.0 Å². The summed E-state index contributed by atoms with van der Waals surface area (Å²) >= 11 is 1.72. The molecule has 1 heterocycles. The number of guanidine groups is 1. The second-order valence-electron chi connectivity index (χ2n) is 4.79.